The zero-order valence-corrected chi connectivity index (χ0v) is 11.9. The van der Waals surface area contributed by atoms with Gasteiger partial charge in [-0.25, -0.2) is 4.79 Å². The van der Waals surface area contributed by atoms with Crippen LogP contribution in [-0.2, 0) is 4.74 Å². The first-order chi connectivity index (χ1) is 8.78. The second-order valence-electron chi connectivity index (χ2n) is 5.12. The third-order valence-corrected chi connectivity index (χ3v) is 2.38. The molecule has 1 aromatic rings. The number of hydrogen-bond acceptors (Lipinski definition) is 4. The number of aldehydes is 1. The maximum absolute atomic E-state index is 11.8. The van der Waals surface area contributed by atoms with Gasteiger partial charge >= 0.3 is 6.09 Å². The molecule has 0 bridgehead atoms. The average molecular weight is 265 g/mol. The molecule has 1 amide bonds. The van der Waals surface area contributed by atoms with Gasteiger partial charge in [-0.1, -0.05) is 6.07 Å². The monoisotopic (exact) mass is 265 g/mol. The number of amides is 1. The Labute approximate surface area is 112 Å². The number of nitrogens with one attached hydrogen (secondary N) is 1. The minimum absolute atomic E-state index is 0.299. The normalized spacial score (nSPS) is 10.8. The van der Waals surface area contributed by atoms with Crippen molar-refractivity contribution in [2.75, 3.05) is 12.4 Å². The lowest BCUT2D eigenvalue weighted by molar-refractivity contribution is 0.0636. The topological polar surface area (TPSA) is 64.6 Å². The Morgan fingerprint density at radius 2 is 1.95 bits per heavy atom. The zero-order chi connectivity index (χ0) is 14.6. The molecule has 0 radical (unpaired) electrons. The summed E-state index contributed by atoms with van der Waals surface area (Å²) in [5, 5.41) is 2.59. The van der Waals surface area contributed by atoms with Gasteiger partial charge in [0.15, 0.2) is 6.29 Å². The van der Waals surface area contributed by atoms with E-state index in [1.165, 1.54) is 7.11 Å². The van der Waals surface area contributed by atoms with Crippen molar-refractivity contribution in [2.45, 2.75) is 33.3 Å². The van der Waals surface area contributed by atoms with Crippen LogP contribution >= 0.6 is 0 Å². The lowest BCUT2D eigenvalue weighted by Crippen LogP contribution is -2.27. The van der Waals surface area contributed by atoms with Gasteiger partial charge in [-0.3, -0.25) is 10.1 Å². The van der Waals surface area contributed by atoms with Gasteiger partial charge in [0, 0.05) is 0 Å². The summed E-state index contributed by atoms with van der Waals surface area (Å²) in [6.07, 6.45) is 0.0467. The summed E-state index contributed by atoms with van der Waals surface area (Å²) in [7, 11) is 1.47. The van der Waals surface area contributed by atoms with E-state index < -0.39 is 11.7 Å². The summed E-state index contributed by atoms with van der Waals surface area (Å²) in [6, 6.07) is 3.44. The Hall–Kier alpha value is -2.04. The van der Waals surface area contributed by atoms with E-state index in [4.69, 9.17) is 9.47 Å². The molecule has 0 atom stereocenters. The van der Waals surface area contributed by atoms with Crippen LogP contribution in [0.15, 0.2) is 12.1 Å². The second kappa shape index (κ2) is 5.73. The zero-order valence-electron chi connectivity index (χ0n) is 11.9. The van der Waals surface area contributed by atoms with E-state index in [9.17, 15) is 9.59 Å². The number of anilines is 1. The quantitative estimate of drug-likeness (QED) is 0.852. The highest BCUT2D eigenvalue weighted by molar-refractivity contribution is 5.96. The molecule has 0 saturated heterocycles. The van der Waals surface area contributed by atoms with Crippen molar-refractivity contribution >= 4 is 18.1 Å². The van der Waals surface area contributed by atoms with E-state index in [2.05, 4.69) is 5.32 Å². The highest BCUT2D eigenvalue weighted by Crippen LogP contribution is 2.28. The van der Waals surface area contributed by atoms with Crippen LogP contribution in [0.3, 0.4) is 0 Å². The lowest BCUT2D eigenvalue weighted by atomic mass is 10.1. The van der Waals surface area contributed by atoms with Crippen molar-refractivity contribution in [2.24, 2.45) is 0 Å². The third-order valence-electron chi connectivity index (χ3n) is 2.38. The van der Waals surface area contributed by atoms with Crippen LogP contribution in [0.2, 0.25) is 0 Å². The number of rotatable bonds is 3. The van der Waals surface area contributed by atoms with Crippen molar-refractivity contribution in [1.82, 2.24) is 0 Å². The molecule has 0 saturated carbocycles. The predicted octanol–water partition coefficient (Wildman–Crippen LogP) is 3.16. The minimum atomic E-state index is -0.605. The van der Waals surface area contributed by atoms with Crippen LogP contribution < -0.4 is 10.1 Å². The molecule has 0 aliphatic rings. The first-order valence-corrected chi connectivity index (χ1v) is 5.91. The molecule has 1 N–H and O–H groups in total. The molecule has 1 aromatic carbocycles. The van der Waals surface area contributed by atoms with E-state index in [0.29, 0.717) is 23.3 Å². The molecule has 5 heteroatoms. The molecule has 5 nitrogen and oxygen atoms in total. The summed E-state index contributed by atoms with van der Waals surface area (Å²) in [6.45, 7) is 7.10. The molecule has 0 aliphatic carbocycles. The van der Waals surface area contributed by atoms with Crippen LogP contribution in [0.1, 0.15) is 36.7 Å². The largest absolute Gasteiger partial charge is 0.496 e. The fourth-order valence-corrected chi connectivity index (χ4v) is 1.58. The summed E-state index contributed by atoms with van der Waals surface area (Å²) < 4.78 is 10.3. The average Bonchev–Trinajstić information content (AvgIpc) is 2.29. The van der Waals surface area contributed by atoms with E-state index >= 15 is 0 Å². The smallest absolute Gasteiger partial charge is 0.412 e. The number of benzene rings is 1. The van der Waals surface area contributed by atoms with Crippen molar-refractivity contribution in [3.05, 3.63) is 23.3 Å². The Bertz CT molecular complexity index is 489. The number of ether oxygens (including phenoxy) is 2. The van der Waals surface area contributed by atoms with E-state index in [1.54, 1.807) is 39.8 Å². The maximum Gasteiger partial charge on any atom is 0.412 e. The van der Waals surface area contributed by atoms with Crippen molar-refractivity contribution in [3.63, 3.8) is 0 Å². The van der Waals surface area contributed by atoms with Gasteiger partial charge in [0.2, 0.25) is 0 Å². The van der Waals surface area contributed by atoms with Gasteiger partial charge in [0.1, 0.15) is 11.4 Å². The van der Waals surface area contributed by atoms with Gasteiger partial charge in [0.05, 0.1) is 18.4 Å². The van der Waals surface area contributed by atoms with Crippen molar-refractivity contribution in [3.8, 4) is 5.75 Å². The first-order valence-electron chi connectivity index (χ1n) is 5.91. The molecule has 0 heterocycles. The third kappa shape index (κ3) is 3.98. The highest BCUT2D eigenvalue weighted by atomic mass is 16.6. The van der Waals surface area contributed by atoms with Gasteiger partial charge in [-0.2, -0.15) is 0 Å². The Morgan fingerprint density at radius 1 is 1.32 bits per heavy atom. The molecule has 0 aliphatic heterocycles. The van der Waals surface area contributed by atoms with Crippen LogP contribution in [0.25, 0.3) is 0 Å². The molecular weight excluding hydrogens is 246 g/mol. The summed E-state index contributed by atoms with van der Waals surface area (Å²) in [4.78, 5) is 22.9. The number of hydrogen-bond donors (Lipinski definition) is 1. The van der Waals surface area contributed by atoms with Gasteiger partial charge in [-0.15, -0.1) is 0 Å². The van der Waals surface area contributed by atoms with Gasteiger partial charge in [-0.05, 0) is 39.3 Å². The van der Waals surface area contributed by atoms with Crippen LogP contribution in [0.5, 0.6) is 5.75 Å². The van der Waals surface area contributed by atoms with E-state index in [-0.39, 0.29) is 0 Å². The summed E-state index contributed by atoms with van der Waals surface area (Å²) >= 11 is 0. The Morgan fingerprint density at radius 3 is 2.42 bits per heavy atom. The fourth-order valence-electron chi connectivity index (χ4n) is 1.58. The molecule has 19 heavy (non-hydrogen) atoms. The Kier molecular flexibility index (Phi) is 4.53. The lowest BCUT2D eigenvalue weighted by Gasteiger charge is -2.21. The van der Waals surface area contributed by atoms with Crippen LogP contribution in [0.4, 0.5) is 10.5 Å². The van der Waals surface area contributed by atoms with Gasteiger partial charge < -0.3 is 9.47 Å². The van der Waals surface area contributed by atoms with Crippen molar-refractivity contribution in [1.29, 1.82) is 0 Å². The molecule has 0 unspecified atom stereocenters. The first kappa shape index (κ1) is 15.0. The molecule has 0 fully saturated rings. The number of carbonyl (C=O) groups is 2. The fraction of sp³-hybridized carbons (Fsp3) is 0.429. The number of methoxy groups -OCH3 is 1. The predicted molar refractivity (Wildman–Crippen MR) is 73.0 cm³/mol. The summed E-state index contributed by atoms with van der Waals surface area (Å²) in [5.74, 6) is 0.409. The van der Waals surface area contributed by atoms with Crippen LogP contribution in [0, 0.1) is 6.92 Å². The van der Waals surface area contributed by atoms with E-state index in [0.717, 1.165) is 5.56 Å². The Balaban J connectivity index is 3.06. The standard InChI is InChI=1S/C14H19NO4/c1-9-6-7-11(18-5)10(8-16)12(9)15-13(17)19-14(2,3)4/h6-8H,1-5H3,(H,15,17). The summed E-state index contributed by atoms with van der Waals surface area (Å²) in [5.41, 5.74) is 0.865. The SMILES string of the molecule is COc1ccc(C)c(NC(=O)OC(C)(C)C)c1C=O. The van der Waals surface area contributed by atoms with E-state index in [1.807, 2.05) is 0 Å². The molecular formula is C14H19NO4. The molecule has 104 valence electrons. The maximum atomic E-state index is 11.8. The van der Waals surface area contributed by atoms with Crippen LogP contribution in [-0.4, -0.2) is 25.1 Å². The number of aryl methyl sites for hydroxylation is 1. The molecule has 0 aromatic heterocycles. The number of carbonyl (C=O) groups excluding carboxylic acids is 2. The second-order valence-corrected chi connectivity index (χ2v) is 5.12. The van der Waals surface area contributed by atoms with Gasteiger partial charge in [0.25, 0.3) is 0 Å². The molecule has 0 spiro atoms. The highest BCUT2D eigenvalue weighted by Gasteiger charge is 2.19. The minimum Gasteiger partial charge on any atom is -0.496 e. The molecule has 1 rings (SSSR count). The van der Waals surface area contributed by atoms with Crippen molar-refractivity contribution < 1.29 is 19.1 Å².